The molecule has 0 fully saturated rings. The van der Waals surface area contributed by atoms with Crippen LogP contribution in [0.3, 0.4) is 0 Å². The smallest absolute Gasteiger partial charge is 0.416 e. The molecule has 2 aromatic carbocycles. The van der Waals surface area contributed by atoms with Gasteiger partial charge >= 0.3 is 12.1 Å². The van der Waals surface area contributed by atoms with Crippen molar-refractivity contribution in [1.29, 1.82) is 0 Å². The van der Waals surface area contributed by atoms with Crippen LogP contribution in [-0.4, -0.2) is 15.6 Å². The van der Waals surface area contributed by atoms with Crippen molar-refractivity contribution in [3.63, 3.8) is 0 Å². The van der Waals surface area contributed by atoms with Gasteiger partial charge in [0.2, 0.25) is 0 Å². The molecule has 1 aromatic heterocycles. The molecule has 0 bridgehead atoms. The second-order valence-electron chi connectivity index (χ2n) is 10.2. The van der Waals surface area contributed by atoms with Crippen LogP contribution < -0.4 is 0 Å². The summed E-state index contributed by atoms with van der Waals surface area (Å²) in [7, 11) is 0. The molecule has 1 heterocycles. The van der Waals surface area contributed by atoms with Gasteiger partial charge in [0, 0.05) is 39.0 Å². The number of carbonyl (C=O) groups is 1. The maximum atomic E-state index is 13.3. The molecule has 3 aromatic rings. The number of halogens is 5. The number of carboxylic acid groups (broad SMARTS) is 1. The summed E-state index contributed by atoms with van der Waals surface area (Å²) in [5.74, 6) is -0.676. The zero-order valence-corrected chi connectivity index (χ0v) is 22.3. The Kier molecular flexibility index (Phi) is 8.29. The summed E-state index contributed by atoms with van der Waals surface area (Å²) in [6.45, 7) is 4.22. The SMILES string of the molecule is CC(C)CC[C@@H](c1ccc(C(F)(F)F)cc1)n1cc(-c2ccc(Cl)cc2Cl)c2c1[C@@H](CC(=O)O)CCC2. The van der Waals surface area contributed by atoms with Crippen LogP contribution in [0.5, 0.6) is 0 Å². The molecule has 8 heteroatoms. The molecule has 37 heavy (non-hydrogen) atoms. The fourth-order valence-corrected chi connectivity index (χ4v) is 5.93. The molecule has 0 saturated heterocycles. The Hall–Kier alpha value is -2.44. The molecule has 1 aliphatic carbocycles. The molecule has 2 atom stereocenters. The minimum atomic E-state index is -4.41. The van der Waals surface area contributed by atoms with Crippen LogP contribution in [-0.2, 0) is 17.4 Å². The lowest BCUT2D eigenvalue weighted by molar-refractivity contribution is -0.138. The van der Waals surface area contributed by atoms with Crippen molar-refractivity contribution < 1.29 is 23.1 Å². The van der Waals surface area contributed by atoms with Gasteiger partial charge in [-0.1, -0.05) is 55.2 Å². The third-order valence-corrected chi connectivity index (χ3v) is 7.71. The number of hydrogen-bond donors (Lipinski definition) is 1. The number of hydrogen-bond acceptors (Lipinski definition) is 1. The number of aliphatic carboxylic acids is 1. The van der Waals surface area contributed by atoms with Crippen molar-refractivity contribution in [3.05, 3.63) is 81.1 Å². The summed E-state index contributed by atoms with van der Waals surface area (Å²) in [6, 6.07) is 10.4. The number of nitrogens with zero attached hydrogens (tertiary/aromatic N) is 1. The van der Waals surface area contributed by atoms with E-state index >= 15 is 0 Å². The molecular formula is C29H30Cl2F3NO2. The van der Waals surface area contributed by atoms with Crippen molar-refractivity contribution in [2.45, 2.75) is 70.5 Å². The molecule has 1 aliphatic rings. The fraction of sp³-hybridized carbons (Fsp3) is 0.414. The lowest BCUT2D eigenvalue weighted by atomic mass is 9.83. The summed E-state index contributed by atoms with van der Waals surface area (Å²) in [5.41, 5.74) is 3.82. The van der Waals surface area contributed by atoms with E-state index < -0.39 is 17.7 Å². The molecular weight excluding hydrogens is 522 g/mol. The summed E-state index contributed by atoms with van der Waals surface area (Å²) in [4.78, 5) is 11.8. The van der Waals surface area contributed by atoms with E-state index in [1.165, 1.54) is 0 Å². The maximum Gasteiger partial charge on any atom is 0.416 e. The zero-order chi connectivity index (χ0) is 26.9. The molecule has 0 radical (unpaired) electrons. The number of fused-ring (bicyclic) bond motifs is 1. The number of benzene rings is 2. The Morgan fingerprint density at radius 1 is 1.08 bits per heavy atom. The monoisotopic (exact) mass is 551 g/mol. The van der Waals surface area contributed by atoms with Gasteiger partial charge in [-0.25, -0.2) is 0 Å². The molecule has 0 saturated carbocycles. The predicted molar refractivity (Wildman–Crippen MR) is 141 cm³/mol. The van der Waals surface area contributed by atoms with Gasteiger partial charge in [0.25, 0.3) is 0 Å². The van der Waals surface area contributed by atoms with E-state index in [2.05, 4.69) is 18.4 Å². The fourth-order valence-electron chi connectivity index (χ4n) is 5.42. The highest BCUT2D eigenvalue weighted by atomic mass is 35.5. The highest BCUT2D eigenvalue weighted by Crippen LogP contribution is 2.45. The zero-order valence-electron chi connectivity index (χ0n) is 20.8. The summed E-state index contributed by atoms with van der Waals surface area (Å²) in [6.07, 6.45) is 1.53. The van der Waals surface area contributed by atoms with Crippen molar-refractivity contribution in [2.75, 3.05) is 0 Å². The van der Waals surface area contributed by atoms with Gasteiger partial charge in [-0.2, -0.15) is 13.2 Å². The van der Waals surface area contributed by atoms with Crippen LogP contribution in [0.4, 0.5) is 13.2 Å². The van der Waals surface area contributed by atoms with E-state index in [4.69, 9.17) is 23.2 Å². The molecule has 1 N–H and O–H groups in total. The van der Waals surface area contributed by atoms with Gasteiger partial charge in [0.05, 0.1) is 18.0 Å². The van der Waals surface area contributed by atoms with E-state index in [1.54, 1.807) is 24.3 Å². The molecule has 0 unspecified atom stereocenters. The van der Waals surface area contributed by atoms with Crippen molar-refractivity contribution in [1.82, 2.24) is 4.57 Å². The van der Waals surface area contributed by atoms with Crippen LogP contribution in [0.1, 0.15) is 80.3 Å². The number of carboxylic acids is 1. The van der Waals surface area contributed by atoms with Gasteiger partial charge in [0.15, 0.2) is 0 Å². The maximum absolute atomic E-state index is 13.3. The van der Waals surface area contributed by atoms with E-state index in [9.17, 15) is 23.1 Å². The van der Waals surface area contributed by atoms with Crippen molar-refractivity contribution in [2.24, 2.45) is 5.92 Å². The van der Waals surface area contributed by atoms with Crippen LogP contribution in [0, 0.1) is 5.92 Å². The first-order valence-corrected chi connectivity index (χ1v) is 13.3. The molecule has 0 amide bonds. The number of rotatable bonds is 8. The van der Waals surface area contributed by atoms with E-state index in [0.29, 0.717) is 22.4 Å². The Labute approximate surface area is 225 Å². The Balaban J connectivity index is 1.91. The standard InChI is InChI=1S/C29H30Cl2F3NO2/c1-17(2)6-13-26(18-7-9-20(10-8-18)29(32,33)34)35-16-24(22-12-11-21(30)15-25(22)31)23-5-3-4-19(28(23)35)14-27(36)37/h7-12,15-17,19,26H,3-6,13-14H2,1-2H3,(H,36,37)/t19-,26+/m1/s1. The topological polar surface area (TPSA) is 42.2 Å². The van der Waals surface area contributed by atoms with Gasteiger partial charge in [-0.3, -0.25) is 4.79 Å². The first-order chi connectivity index (χ1) is 17.5. The van der Waals surface area contributed by atoms with E-state index in [0.717, 1.165) is 65.8 Å². The van der Waals surface area contributed by atoms with Crippen LogP contribution in [0.25, 0.3) is 11.1 Å². The van der Waals surface area contributed by atoms with Gasteiger partial charge in [0.1, 0.15) is 0 Å². The Morgan fingerprint density at radius 3 is 2.38 bits per heavy atom. The van der Waals surface area contributed by atoms with Gasteiger partial charge in [-0.05, 0) is 73.4 Å². The van der Waals surface area contributed by atoms with E-state index in [-0.39, 0.29) is 18.4 Å². The minimum absolute atomic E-state index is 0.00524. The largest absolute Gasteiger partial charge is 0.481 e. The van der Waals surface area contributed by atoms with Crippen molar-refractivity contribution >= 4 is 29.2 Å². The Bertz CT molecular complexity index is 1270. The second kappa shape index (κ2) is 11.1. The lowest BCUT2D eigenvalue weighted by Crippen LogP contribution is -2.21. The Morgan fingerprint density at radius 2 is 1.78 bits per heavy atom. The van der Waals surface area contributed by atoms with Gasteiger partial charge in [-0.15, -0.1) is 0 Å². The molecule has 0 spiro atoms. The normalized spacial score (nSPS) is 16.6. The number of aromatic nitrogens is 1. The molecule has 4 rings (SSSR count). The first-order valence-electron chi connectivity index (χ1n) is 12.5. The summed E-state index contributed by atoms with van der Waals surface area (Å²) >= 11 is 12.7. The van der Waals surface area contributed by atoms with Crippen LogP contribution >= 0.6 is 23.2 Å². The first kappa shape index (κ1) is 27.6. The quantitative estimate of drug-likeness (QED) is 0.303. The molecule has 0 aliphatic heterocycles. The van der Waals surface area contributed by atoms with Crippen LogP contribution in [0.2, 0.25) is 10.0 Å². The van der Waals surface area contributed by atoms with E-state index in [1.807, 2.05) is 12.3 Å². The summed E-state index contributed by atoms with van der Waals surface area (Å²) < 4.78 is 41.9. The lowest BCUT2D eigenvalue weighted by Gasteiger charge is -2.29. The predicted octanol–water partition coefficient (Wildman–Crippen LogP) is 9.40. The average molecular weight is 552 g/mol. The molecule has 3 nitrogen and oxygen atoms in total. The second-order valence-corrected chi connectivity index (χ2v) is 11.1. The highest BCUT2D eigenvalue weighted by Gasteiger charge is 2.33. The summed E-state index contributed by atoms with van der Waals surface area (Å²) in [5, 5.41) is 10.7. The van der Waals surface area contributed by atoms with Crippen LogP contribution in [0.15, 0.2) is 48.7 Å². The third-order valence-electron chi connectivity index (χ3n) is 7.17. The van der Waals surface area contributed by atoms with Crippen molar-refractivity contribution in [3.8, 4) is 11.1 Å². The number of alkyl halides is 3. The molecule has 198 valence electrons. The minimum Gasteiger partial charge on any atom is -0.481 e. The third kappa shape index (κ3) is 6.18. The average Bonchev–Trinajstić information content (AvgIpc) is 3.19. The van der Waals surface area contributed by atoms with Gasteiger partial charge < -0.3 is 9.67 Å². The highest BCUT2D eigenvalue weighted by molar-refractivity contribution is 6.36.